The summed E-state index contributed by atoms with van der Waals surface area (Å²) in [6.45, 7) is 7.74. The minimum Gasteiger partial charge on any atom is -0.494 e. The molecule has 8 nitrogen and oxygen atoms in total. The molecule has 0 radical (unpaired) electrons. The van der Waals surface area contributed by atoms with Crippen LogP contribution < -0.4 is 18.9 Å². The first kappa shape index (κ1) is 58.2. The zero-order valence-corrected chi connectivity index (χ0v) is 46.6. The van der Waals surface area contributed by atoms with Crippen LogP contribution in [0.25, 0.3) is 11.1 Å². The molecule has 0 aliphatic carbocycles. The lowest BCUT2D eigenvalue weighted by molar-refractivity contribution is -0.870. The molecule has 70 heavy (non-hydrogen) atoms. The highest BCUT2D eigenvalue weighted by Crippen LogP contribution is 2.39. The van der Waals surface area contributed by atoms with Gasteiger partial charge in [0.05, 0.1) is 137 Å². The van der Waals surface area contributed by atoms with Gasteiger partial charge >= 0.3 is 0 Å². The van der Waals surface area contributed by atoms with Crippen LogP contribution in [-0.4, -0.2) is 155 Å². The second kappa shape index (κ2) is 29.9. The van der Waals surface area contributed by atoms with E-state index in [1.165, 1.54) is 103 Å². The molecule has 388 valence electrons. The third kappa shape index (κ3) is 25.2. The molecule has 0 N–H and O–H groups in total. The summed E-state index contributed by atoms with van der Waals surface area (Å²) < 4.78 is 29.4. The lowest BCUT2D eigenvalue weighted by Gasteiger charge is -2.23. The van der Waals surface area contributed by atoms with E-state index in [1.54, 1.807) is 0 Å². The highest BCUT2D eigenvalue weighted by Gasteiger charge is 2.18. The Labute approximate surface area is 428 Å². The summed E-state index contributed by atoms with van der Waals surface area (Å²) in [6, 6.07) is 34.9. The Morgan fingerprint density at radius 3 is 0.586 bits per heavy atom. The van der Waals surface area contributed by atoms with Crippen LogP contribution in [0.3, 0.4) is 0 Å². The topological polar surface area (TPSA) is 36.9 Å². The summed E-state index contributed by atoms with van der Waals surface area (Å²) in [7, 11) is 27.2. The number of rotatable bonds is 36. The van der Waals surface area contributed by atoms with Crippen molar-refractivity contribution >= 4 is 11.1 Å². The molecule has 4 aromatic rings. The van der Waals surface area contributed by atoms with E-state index >= 15 is 0 Å². The van der Waals surface area contributed by atoms with Crippen molar-refractivity contribution in [1.82, 2.24) is 0 Å². The minimum atomic E-state index is 0.728. The summed E-state index contributed by atoms with van der Waals surface area (Å²) in [5, 5.41) is 0. The average Bonchev–Trinajstić information content (AvgIpc) is 3.29. The predicted octanol–water partition coefficient (Wildman–Crippen LogP) is 13.3. The number of nitrogens with zero attached hydrogens (tertiary/aromatic N) is 4. The summed E-state index contributed by atoms with van der Waals surface area (Å²) >= 11 is 0. The molecule has 8 heteroatoms. The van der Waals surface area contributed by atoms with Crippen LogP contribution >= 0.6 is 0 Å². The molecule has 0 amide bonds. The lowest BCUT2D eigenvalue weighted by Crippen LogP contribution is -2.35. The highest BCUT2D eigenvalue weighted by atomic mass is 16.5. The normalized spacial score (nSPS) is 12.2. The van der Waals surface area contributed by atoms with Crippen LogP contribution in [0.2, 0.25) is 0 Å². The van der Waals surface area contributed by atoms with Gasteiger partial charge in [0.25, 0.3) is 0 Å². The molecule has 0 bridgehead atoms. The number of ether oxygens (including phenoxy) is 4. The molecule has 0 spiro atoms. The highest BCUT2D eigenvalue weighted by molar-refractivity contribution is 6.04. The first-order valence-electron chi connectivity index (χ1n) is 27.1. The fourth-order valence-corrected chi connectivity index (χ4v) is 8.71. The third-order valence-electron chi connectivity index (χ3n) is 12.8. The van der Waals surface area contributed by atoms with Crippen molar-refractivity contribution in [1.29, 1.82) is 0 Å². The van der Waals surface area contributed by atoms with Crippen molar-refractivity contribution in [2.24, 2.45) is 0 Å². The molecule has 0 aromatic heterocycles. The van der Waals surface area contributed by atoms with Crippen molar-refractivity contribution in [3.05, 3.63) is 119 Å². The van der Waals surface area contributed by atoms with E-state index < -0.39 is 0 Å². The molecule has 0 unspecified atom stereocenters. The van der Waals surface area contributed by atoms with Crippen LogP contribution in [0.15, 0.2) is 97.1 Å². The Kier molecular flexibility index (Phi) is 24.9. The second-order valence-electron chi connectivity index (χ2n) is 24.0. The van der Waals surface area contributed by atoms with Crippen LogP contribution in [-0.2, 0) is 0 Å². The molecule has 4 aromatic carbocycles. The first-order valence-corrected chi connectivity index (χ1v) is 27.1. The van der Waals surface area contributed by atoms with Crippen molar-refractivity contribution in [2.75, 3.05) is 137 Å². The molecule has 0 atom stereocenters. The molecular weight excluding hydrogens is 865 g/mol. The van der Waals surface area contributed by atoms with Crippen LogP contribution in [0.5, 0.6) is 23.0 Å². The molecular formula is C62H100N4O4+4. The Morgan fingerprint density at radius 2 is 0.414 bits per heavy atom. The van der Waals surface area contributed by atoms with E-state index in [1.807, 2.05) is 0 Å². The van der Waals surface area contributed by atoms with Gasteiger partial charge in [0.15, 0.2) is 0 Å². The maximum atomic E-state index is 6.33. The van der Waals surface area contributed by atoms with E-state index in [9.17, 15) is 0 Å². The van der Waals surface area contributed by atoms with Gasteiger partial charge in [-0.25, -0.2) is 0 Å². The summed E-state index contributed by atoms with van der Waals surface area (Å²) in [4.78, 5) is 0. The van der Waals surface area contributed by atoms with Gasteiger partial charge in [-0.05, 0) is 185 Å². The Bertz CT molecular complexity index is 1740. The monoisotopic (exact) mass is 965 g/mol. The molecule has 0 fully saturated rings. The fourth-order valence-electron chi connectivity index (χ4n) is 8.71. The molecule has 0 aliphatic rings. The number of hydrogen-bond acceptors (Lipinski definition) is 4. The third-order valence-corrected chi connectivity index (χ3v) is 12.8. The number of benzene rings is 4. The number of hydrogen-bond donors (Lipinski definition) is 0. The standard InChI is InChI=1S/C62H100N4O4/c1-63(2,3)45-21-13-17-25-49-67-57-37-29-53(30-38-57)61(54-31-39-58(40-32-54)68-50-26-18-14-22-46-64(4,5)6)62(55-33-41-59(42-34-55)69-51-27-19-15-23-47-65(7,8)9)56-35-43-60(44-36-56)70-52-28-20-16-24-48-66(10,11)12/h29-44H,13-28,45-52H2,1-12H3/q+4. The Morgan fingerprint density at radius 1 is 0.243 bits per heavy atom. The minimum absolute atomic E-state index is 0.728. The number of unbranched alkanes of at least 4 members (excludes halogenated alkanes) is 12. The van der Waals surface area contributed by atoms with Crippen LogP contribution in [0.1, 0.15) is 125 Å². The zero-order chi connectivity index (χ0) is 50.9. The van der Waals surface area contributed by atoms with Crippen LogP contribution in [0, 0.1) is 0 Å². The predicted molar refractivity (Wildman–Crippen MR) is 298 cm³/mol. The summed E-state index contributed by atoms with van der Waals surface area (Å²) in [5.74, 6) is 3.62. The molecule has 0 heterocycles. The quantitative estimate of drug-likeness (QED) is 0.0259. The van der Waals surface area contributed by atoms with Crippen molar-refractivity contribution in [3.63, 3.8) is 0 Å². The SMILES string of the molecule is C[N+](C)(C)CCCCCCOc1ccc(C(=C(c2ccc(OCCCCCC[N+](C)(C)C)cc2)c2ccc(OCCCCCC[N+](C)(C)C)cc2)c2ccc(OCCCCCC[N+](C)(C)C)cc2)cc1. The maximum absolute atomic E-state index is 6.33. The van der Waals surface area contributed by atoms with E-state index in [4.69, 9.17) is 18.9 Å². The van der Waals surface area contributed by atoms with Gasteiger partial charge in [0.1, 0.15) is 23.0 Å². The van der Waals surface area contributed by atoms with Gasteiger partial charge in [0.2, 0.25) is 0 Å². The largest absolute Gasteiger partial charge is 0.494 e. The second-order valence-corrected chi connectivity index (χ2v) is 24.0. The molecule has 0 saturated carbocycles. The van der Waals surface area contributed by atoms with Gasteiger partial charge in [-0.1, -0.05) is 48.5 Å². The van der Waals surface area contributed by atoms with Gasteiger partial charge in [-0.2, -0.15) is 0 Å². The summed E-state index contributed by atoms with van der Waals surface area (Å²) in [6.07, 6.45) is 19.0. The molecule has 4 rings (SSSR count). The van der Waals surface area contributed by atoms with E-state index in [2.05, 4.69) is 182 Å². The Balaban J connectivity index is 1.61. The van der Waals surface area contributed by atoms with Gasteiger partial charge in [0, 0.05) is 0 Å². The smallest absolute Gasteiger partial charge is 0.119 e. The van der Waals surface area contributed by atoms with E-state index in [0.29, 0.717) is 0 Å². The molecule has 0 aliphatic heterocycles. The van der Waals surface area contributed by atoms with E-state index in [-0.39, 0.29) is 0 Å². The van der Waals surface area contributed by atoms with Gasteiger partial charge in [-0.15, -0.1) is 0 Å². The summed E-state index contributed by atoms with van der Waals surface area (Å²) in [5.41, 5.74) is 6.81. The fraction of sp³-hybridized carbons (Fsp3) is 0.581. The average molecular weight is 966 g/mol. The Hall–Kier alpha value is -4.34. The van der Waals surface area contributed by atoms with Gasteiger partial charge < -0.3 is 36.9 Å². The van der Waals surface area contributed by atoms with Crippen molar-refractivity contribution < 1.29 is 36.9 Å². The van der Waals surface area contributed by atoms with Crippen LogP contribution in [0.4, 0.5) is 0 Å². The van der Waals surface area contributed by atoms with E-state index in [0.717, 1.165) is 126 Å². The van der Waals surface area contributed by atoms with Gasteiger partial charge in [-0.3, -0.25) is 0 Å². The maximum Gasteiger partial charge on any atom is 0.119 e. The number of quaternary nitrogens is 4. The zero-order valence-electron chi connectivity index (χ0n) is 46.6. The lowest BCUT2D eigenvalue weighted by atomic mass is 9.85. The first-order chi connectivity index (χ1) is 33.2. The molecule has 0 saturated heterocycles. The van der Waals surface area contributed by atoms with Crippen molar-refractivity contribution in [3.8, 4) is 23.0 Å². The van der Waals surface area contributed by atoms with Crippen molar-refractivity contribution in [2.45, 2.75) is 103 Å².